The molecule has 4 nitrogen and oxygen atoms in total. The SMILES string of the molecule is CC(Sc1ccc(C(F)(F)F)cn1)C(=O)Nc1cccc2ncccc12. The molecule has 3 aromatic rings. The first-order chi connectivity index (χ1) is 12.3. The minimum atomic E-state index is -4.43. The molecule has 0 spiro atoms. The first-order valence-corrected chi connectivity index (χ1v) is 8.57. The summed E-state index contributed by atoms with van der Waals surface area (Å²) in [5, 5.41) is 3.46. The monoisotopic (exact) mass is 377 g/mol. The van der Waals surface area contributed by atoms with Crippen molar-refractivity contribution in [3.05, 3.63) is 60.4 Å². The summed E-state index contributed by atoms with van der Waals surface area (Å²) >= 11 is 1.09. The number of benzene rings is 1. The van der Waals surface area contributed by atoms with Gasteiger partial charge in [0.15, 0.2) is 0 Å². The van der Waals surface area contributed by atoms with Gasteiger partial charge in [-0.15, -0.1) is 0 Å². The standard InChI is InChI=1S/C18H14F3N3OS/c1-11(26-16-8-7-12(10-23-16)18(19,20)21)17(25)24-15-6-2-5-14-13(15)4-3-9-22-14/h2-11H,1H3,(H,24,25). The summed E-state index contributed by atoms with van der Waals surface area (Å²) in [6, 6.07) is 11.3. The first kappa shape index (κ1) is 18.2. The summed E-state index contributed by atoms with van der Waals surface area (Å²) in [6.07, 6.45) is -1.99. The normalized spacial score (nSPS) is 12.8. The second-order valence-corrected chi connectivity index (χ2v) is 6.87. The Morgan fingerprint density at radius 1 is 1.12 bits per heavy atom. The number of pyridine rings is 2. The van der Waals surface area contributed by atoms with E-state index in [-0.39, 0.29) is 5.91 Å². The van der Waals surface area contributed by atoms with Crippen LogP contribution in [0.2, 0.25) is 0 Å². The number of thioether (sulfide) groups is 1. The molecule has 2 aromatic heterocycles. The molecule has 0 saturated carbocycles. The number of alkyl halides is 3. The van der Waals surface area contributed by atoms with E-state index >= 15 is 0 Å². The van der Waals surface area contributed by atoms with Gasteiger partial charge in [0, 0.05) is 17.8 Å². The van der Waals surface area contributed by atoms with E-state index in [4.69, 9.17) is 0 Å². The van der Waals surface area contributed by atoms with Gasteiger partial charge >= 0.3 is 6.18 Å². The third kappa shape index (κ3) is 4.13. The number of amides is 1. The van der Waals surface area contributed by atoms with Crippen molar-refractivity contribution < 1.29 is 18.0 Å². The molecule has 0 aliphatic carbocycles. The minimum Gasteiger partial charge on any atom is -0.324 e. The number of nitrogens with zero attached hydrogens (tertiary/aromatic N) is 2. The number of hydrogen-bond donors (Lipinski definition) is 1. The predicted octanol–water partition coefficient (Wildman–Crippen LogP) is 4.77. The van der Waals surface area contributed by atoms with Gasteiger partial charge in [-0.2, -0.15) is 13.2 Å². The Labute approximate surface area is 151 Å². The zero-order valence-corrected chi connectivity index (χ0v) is 14.4. The summed E-state index contributed by atoms with van der Waals surface area (Å²) in [5.74, 6) is -0.270. The van der Waals surface area contributed by atoms with Crippen LogP contribution in [0.3, 0.4) is 0 Å². The molecular weight excluding hydrogens is 363 g/mol. The molecule has 0 bridgehead atoms. The Morgan fingerprint density at radius 3 is 2.62 bits per heavy atom. The zero-order valence-electron chi connectivity index (χ0n) is 13.6. The van der Waals surface area contributed by atoms with E-state index in [9.17, 15) is 18.0 Å². The van der Waals surface area contributed by atoms with Crippen LogP contribution in [0.1, 0.15) is 12.5 Å². The van der Waals surface area contributed by atoms with E-state index in [1.165, 1.54) is 6.07 Å². The fourth-order valence-corrected chi connectivity index (χ4v) is 3.09. The second kappa shape index (κ2) is 7.33. The lowest BCUT2D eigenvalue weighted by molar-refractivity contribution is -0.137. The summed E-state index contributed by atoms with van der Waals surface area (Å²) in [4.78, 5) is 20.4. The van der Waals surface area contributed by atoms with E-state index in [0.29, 0.717) is 10.7 Å². The third-order valence-electron chi connectivity index (χ3n) is 3.63. The fourth-order valence-electron chi connectivity index (χ4n) is 2.30. The second-order valence-electron chi connectivity index (χ2n) is 5.51. The Bertz CT molecular complexity index is 924. The lowest BCUT2D eigenvalue weighted by Crippen LogP contribution is -2.22. The van der Waals surface area contributed by atoms with Crippen LogP contribution in [0.4, 0.5) is 18.9 Å². The Hall–Kier alpha value is -2.61. The van der Waals surface area contributed by atoms with Crippen molar-refractivity contribution in [2.45, 2.75) is 23.4 Å². The van der Waals surface area contributed by atoms with Crippen molar-refractivity contribution >= 4 is 34.3 Å². The number of carbonyl (C=O) groups excluding carboxylic acids is 1. The number of carbonyl (C=O) groups is 1. The maximum Gasteiger partial charge on any atom is 0.417 e. The zero-order chi connectivity index (χ0) is 18.7. The molecule has 0 aliphatic rings. The van der Waals surface area contributed by atoms with Crippen molar-refractivity contribution in [3.63, 3.8) is 0 Å². The summed E-state index contributed by atoms with van der Waals surface area (Å²) in [5.41, 5.74) is 0.575. The average molecular weight is 377 g/mol. The van der Waals surface area contributed by atoms with Crippen LogP contribution in [0, 0.1) is 0 Å². The number of rotatable bonds is 4. The Morgan fingerprint density at radius 2 is 1.92 bits per heavy atom. The number of nitrogens with one attached hydrogen (secondary N) is 1. The third-order valence-corrected chi connectivity index (χ3v) is 4.68. The fraction of sp³-hybridized carbons (Fsp3) is 0.167. The number of fused-ring (bicyclic) bond motifs is 1. The van der Waals surface area contributed by atoms with Gasteiger partial charge in [-0.3, -0.25) is 9.78 Å². The van der Waals surface area contributed by atoms with Crippen molar-refractivity contribution in [1.29, 1.82) is 0 Å². The molecule has 0 radical (unpaired) electrons. The molecule has 8 heteroatoms. The molecule has 26 heavy (non-hydrogen) atoms. The van der Waals surface area contributed by atoms with Crippen LogP contribution in [-0.2, 0) is 11.0 Å². The molecule has 1 aromatic carbocycles. The van der Waals surface area contributed by atoms with Crippen LogP contribution in [0.15, 0.2) is 59.9 Å². The topological polar surface area (TPSA) is 54.9 Å². The van der Waals surface area contributed by atoms with Crippen molar-refractivity contribution in [2.24, 2.45) is 0 Å². The van der Waals surface area contributed by atoms with Crippen molar-refractivity contribution in [1.82, 2.24) is 9.97 Å². The molecule has 1 unspecified atom stereocenters. The molecule has 1 amide bonds. The van der Waals surface area contributed by atoms with Gasteiger partial charge < -0.3 is 5.32 Å². The summed E-state index contributed by atoms with van der Waals surface area (Å²) in [7, 11) is 0. The van der Waals surface area contributed by atoms with Crippen LogP contribution in [0.25, 0.3) is 10.9 Å². The van der Waals surface area contributed by atoms with Crippen molar-refractivity contribution in [2.75, 3.05) is 5.32 Å². The van der Waals surface area contributed by atoms with Gasteiger partial charge in [0.1, 0.15) is 0 Å². The van der Waals surface area contributed by atoms with E-state index in [2.05, 4.69) is 15.3 Å². The van der Waals surface area contributed by atoms with Gasteiger partial charge in [0.2, 0.25) is 5.91 Å². The quantitative estimate of drug-likeness (QED) is 0.666. The number of halogens is 3. The largest absolute Gasteiger partial charge is 0.417 e. The summed E-state index contributed by atoms with van der Waals surface area (Å²) < 4.78 is 37.7. The molecular formula is C18H14F3N3OS. The van der Waals surface area contributed by atoms with Gasteiger partial charge in [-0.05, 0) is 43.3 Å². The molecule has 0 aliphatic heterocycles. The van der Waals surface area contributed by atoms with E-state index < -0.39 is 17.0 Å². The van der Waals surface area contributed by atoms with Crippen LogP contribution in [0.5, 0.6) is 0 Å². The molecule has 1 atom stereocenters. The number of hydrogen-bond acceptors (Lipinski definition) is 4. The molecule has 0 saturated heterocycles. The number of anilines is 1. The average Bonchev–Trinajstić information content (AvgIpc) is 2.61. The maximum absolute atomic E-state index is 12.6. The van der Waals surface area contributed by atoms with Crippen LogP contribution < -0.4 is 5.32 Å². The molecule has 2 heterocycles. The maximum atomic E-state index is 12.6. The van der Waals surface area contributed by atoms with E-state index in [1.807, 2.05) is 12.1 Å². The Kier molecular flexibility index (Phi) is 5.13. The van der Waals surface area contributed by atoms with E-state index in [1.54, 1.807) is 31.3 Å². The highest BCUT2D eigenvalue weighted by molar-refractivity contribution is 8.00. The molecule has 1 N–H and O–H groups in total. The molecule has 0 fully saturated rings. The lowest BCUT2D eigenvalue weighted by atomic mass is 10.2. The highest BCUT2D eigenvalue weighted by atomic mass is 32.2. The Balaban J connectivity index is 1.70. The predicted molar refractivity (Wildman–Crippen MR) is 94.9 cm³/mol. The van der Waals surface area contributed by atoms with Crippen LogP contribution >= 0.6 is 11.8 Å². The highest BCUT2D eigenvalue weighted by Crippen LogP contribution is 2.30. The minimum absolute atomic E-state index is 0.270. The van der Waals surface area contributed by atoms with Crippen LogP contribution in [-0.4, -0.2) is 21.1 Å². The van der Waals surface area contributed by atoms with Gasteiger partial charge in [-0.25, -0.2) is 4.98 Å². The summed E-state index contributed by atoms with van der Waals surface area (Å²) in [6.45, 7) is 1.67. The van der Waals surface area contributed by atoms with Crippen molar-refractivity contribution in [3.8, 4) is 0 Å². The van der Waals surface area contributed by atoms with E-state index in [0.717, 1.165) is 34.9 Å². The first-order valence-electron chi connectivity index (χ1n) is 7.69. The number of aromatic nitrogens is 2. The molecule has 134 valence electrons. The molecule has 3 rings (SSSR count). The smallest absolute Gasteiger partial charge is 0.324 e. The van der Waals surface area contributed by atoms with Gasteiger partial charge in [0.25, 0.3) is 0 Å². The lowest BCUT2D eigenvalue weighted by Gasteiger charge is -2.13. The van der Waals surface area contributed by atoms with Gasteiger partial charge in [0.05, 0.1) is 27.0 Å². The van der Waals surface area contributed by atoms with Gasteiger partial charge in [-0.1, -0.05) is 17.8 Å². The highest BCUT2D eigenvalue weighted by Gasteiger charge is 2.30.